The molecule has 0 unspecified atom stereocenters. The number of amides is 1. The maximum Gasteiger partial charge on any atom is 0.393 e. The smallest absolute Gasteiger partial charge is 0.352 e. The van der Waals surface area contributed by atoms with Crippen LogP contribution in [-0.2, 0) is 27.7 Å². The average molecular weight is 570 g/mol. The molecular weight excluding hydrogens is 539 g/mol. The third kappa shape index (κ3) is 6.93. The minimum absolute atomic E-state index is 0.0459. The summed E-state index contributed by atoms with van der Waals surface area (Å²) >= 11 is 1.02. The van der Waals surface area contributed by atoms with Gasteiger partial charge >= 0.3 is 6.18 Å². The first-order valence-electron chi connectivity index (χ1n) is 12.2. The Morgan fingerprint density at radius 3 is 2.34 bits per heavy atom. The number of fused-ring (bicyclic) bond motifs is 1. The van der Waals surface area contributed by atoms with E-state index in [4.69, 9.17) is 0 Å². The summed E-state index contributed by atoms with van der Waals surface area (Å²) in [5.74, 6) is 0.694. The molecule has 206 valence electrons. The predicted octanol–water partition coefficient (Wildman–Crippen LogP) is 4.11. The molecule has 1 aromatic carbocycles. The Morgan fingerprint density at radius 1 is 1.11 bits per heavy atom. The number of carbonyl (C=O) groups excluding carboxylic acids is 1. The van der Waals surface area contributed by atoms with Crippen LogP contribution in [0, 0.1) is 5.92 Å². The molecule has 0 N–H and O–H groups in total. The largest absolute Gasteiger partial charge is 0.393 e. The molecule has 3 heterocycles. The second-order valence-corrected chi connectivity index (χ2v) is 12.8. The Balaban J connectivity index is 1.38. The second-order valence-electron chi connectivity index (χ2n) is 9.82. The van der Waals surface area contributed by atoms with Gasteiger partial charge in [0.05, 0.1) is 30.2 Å². The van der Waals surface area contributed by atoms with Crippen LogP contribution in [0.4, 0.5) is 24.7 Å². The number of benzene rings is 1. The fourth-order valence-corrected chi connectivity index (χ4v) is 6.52. The van der Waals surface area contributed by atoms with E-state index in [0.29, 0.717) is 54.4 Å². The van der Waals surface area contributed by atoms with Crippen LogP contribution in [0.1, 0.15) is 24.3 Å². The fraction of sp³-hybridized carbons (Fsp3) is 0.480. The zero-order valence-corrected chi connectivity index (χ0v) is 23.0. The van der Waals surface area contributed by atoms with Crippen molar-refractivity contribution in [3.05, 3.63) is 47.1 Å². The van der Waals surface area contributed by atoms with Crippen molar-refractivity contribution in [2.24, 2.45) is 5.92 Å². The van der Waals surface area contributed by atoms with Gasteiger partial charge in [-0.1, -0.05) is 26.0 Å². The van der Waals surface area contributed by atoms with E-state index < -0.39 is 22.6 Å². The summed E-state index contributed by atoms with van der Waals surface area (Å²) in [5.41, 5.74) is 1.35. The van der Waals surface area contributed by atoms with Crippen molar-refractivity contribution in [3.63, 3.8) is 0 Å². The van der Waals surface area contributed by atoms with Gasteiger partial charge in [0.15, 0.2) is 0 Å². The van der Waals surface area contributed by atoms with E-state index in [0.717, 1.165) is 16.9 Å². The van der Waals surface area contributed by atoms with Gasteiger partial charge in [-0.25, -0.2) is 18.4 Å². The third-order valence-electron chi connectivity index (χ3n) is 6.18. The van der Waals surface area contributed by atoms with Crippen molar-refractivity contribution in [1.82, 2.24) is 14.9 Å². The van der Waals surface area contributed by atoms with Crippen LogP contribution in [-0.4, -0.2) is 74.3 Å². The summed E-state index contributed by atoms with van der Waals surface area (Å²) in [7, 11) is -3.42. The van der Waals surface area contributed by atoms with Crippen molar-refractivity contribution in [3.8, 4) is 0 Å². The summed E-state index contributed by atoms with van der Waals surface area (Å²) in [6.45, 7) is 6.18. The number of thiophene rings is 1. The first-order valence-corrected chi connectivity index (χ1v) is 14.9. The molecule has 8 nitrogen and oxygen atoms in total. The summed E-state index contributed by atoms with van der Waals surface area (Å²) in [6, 6.07) is 8.50. The maximum absolute atomic E-state index is 13.0. The van der Waals surface area contributed by atoms with Crippen LogP contribution in [0.25, 0.3) is 10.2 Å². The highest BCUT2D eigenvalue weighted by Crippen LogP contribution is 2.34. The molecule has 1 fully saturated rings. The Hall–Kier alpha value is -2.93. The Labute approximate surface area is 224 Å². The highest BCUT2D eigenvalue weighted by atomic mass is 32.2. The first kappa shape index (κ1) is 28.1. The molecular formula is C25H30F3N5O3S2. The number of aromatic nitrogens is 2. The quantitative estimate of drug-likeness (QED) is 0.406. The zero-order valence-electron chi connectivity index (χ0n) is 21.4. The Kier molecular flexibility index (Phi) is 8.17. The highest BCUT2D eigenvalue weighted by molar-refractivity contribution is 7.92. The van der Waals surface area contributed by atoms with Gasteiger partial charge in [-0.05, 0) is 29.7 Å². The van der Waals surface area contributed by atoms with E-state index in [-0.39, 0.29) is 23.1 Å². The van der Waals surface area contributed by atoms with Crippen molar-refractivity contribution in [2.45, 2.75) is 32.9 Å². The number of hydrogen-bond acceptors (Lipinski definition) is 7. The molecule has 0 bridgehead atoms. The average Bonchev–Trinajstić information content (AvgIpc) is 3.23. The molecule has 0 spiro atoms. The van der Waals surface area contributed by atoms with E-state index in [9.17, 15) is 26.4 Å². The van der Waals surface area contributed by atoms with Gasteiger partial charge in [-0.3, -0.25) is 9.10 Å². The number of hydrogen-bond donors (Lipinski definition) is 0. The Morgan fingerprint density at radius 2 is 1.76 bits per heavy atom. The molecule has 0 atom stereocenters. The van der Waals surface area contributed by atoms with E-state index in [1.807, 2.05) is 18.7 Å². The van der Waals surface area contributed by atoms with Gasteiger partial charge in [0, 0.05) is 37.6 Å². The van der Waals surface area contributed by atoms with Crippen molar-refractivity contribution < 1.29 is 26.4 Å². The van der Waals surface area contributed by atoms with Crippen molar-refractivity contribution >= 4 is 49.0 Å². The van der Waals surface area contributed by atoms with Crippen LogP contribution < -0.4 is 9.21 Å². The zero-order chi connectivity index (χ0) is 27.7. The molecule has 38 heavy (non-hydrogen) atoms. The molecule has 0 radical (unpaired) electrons. The number of piperazine rings is 1. The van der Waals surface area contributed by atoms with E-state index in [1.54, 1.807) is 29.2 Å². The van der Waals surface area contributed by atoms with Gasteiger partial charge in [-0.2, -0.15) is 13.2 Å². The predicted molar refractivity (Wildman–Crippen MR) is 143 cm³/mol. The van der Waals surface area contributed by atoms with E-state index in [1.165, 1.54) is 23.0 Å². The number of rotatable bonds is 8. The third-order valence-corrected chi connectivity index (χ3v) is 8.38. The number of anilines is 2. The number of sulfonamides is 1. The molecule has 3 aromatic rings. The number of halogens is 3. The first-order chi connectivity index (χ1) is 17.8. The Bertz CT molecular complexity index is 1380. The standard InChI is InChI=1S/C25H30F3N5O3S2/c1-17(2)15-33(38(3,35)36)19-6-4-18(5-7-19)12-22(34)31-8-10-32(11-9-31)23-21-13-20(14-25(26,27)28)37-24(21)30-16-29-23/h4-7,13,16-17H,8-12,14-15H2,1-3H3. The lowest BCUT2D eigenvalue weighted by Crippen LogP contribution is -2.49. The highest BCUT2D eigenvalue weighted by Gasteiger charge is 2.30. The van der Waals surface area contributed by atoms with Gasteiger partial charge in [0.2, 0.25) is 15.9 Å². The van der Waals surface area contributed by atoms with Crippen LogP contribution in [0.5, 0.6) is 0 Å². The maximum atomic E-state index is 13.0. The summed E-state index contributed by atoms with van der Waals surface area (Å²) in [5, 5.41) is 0.595. The number of alkyl halides is 3. The monoisotopic (exact) mass is 569 g/mol. The number of carbonyl (C=O) groups is 1. The SMILES string of the molecule is CC(C)CN(c1ccc(CC(=O)N2CCN(c3ncnc4sc(CC(F)(F)F)cc34)CC2)cc1)S(C)(=O)=O. The molecule has 13 heteroatoms. The van der Waals surface area contributed by atoms with Crippen LogP contribution in [0.3, 0.4) is 0 Å². The molecule has 0 saturated carbocycles. The van der Waals surface area contributed by atoms with Gasteiger partial charge in [0.1, 0.15) is 17.0 Å². The van der Waals surface area contributed by atoms with Gasteiger partial charge < -0.3 is 9.80 Å². The van der Waals surface area contributed by atoms with Gasteiger partial charge in [-0.15, -0.1) is 11.3 Å². The lowest BCUT2D eigenvalue weighted by molar-refractivity contribution is -0.130. The molecule has 1 aliphatic rings. The fourth-order valence-electron chi connectivity index (χ4n) is 4.43. The molecule has 1 aliphatic heterocycles. The molecule has 0 aliphatic carbocycles. The van der Waals surface area contributed by atoms with Crippen LogP contribution in [0.15, 0.2) is 36.7 Å². The lowest BCUT2D eigenvalue weighted by atomic mass is 10.1. The summed E-state index contributed by atoms with van der Waals surface area (Å²) in [6.07, 6.45) is -2.56. The topological polar surface area (TPSA) is 86.7 Å². The molecule has 2 aromatic heterocycles. The molecule has 1 amide bonds. The minimum Gasteiger partial charge on any atom is -0.352 e. The van der Waals surface area contributed by atoms with Crippen molar-refractivity contribution in [2.75, 3.05) is 48.2 Å². The van der Waals surface area contributed by atoms with Crippen molar-refractivity contribution in [1.29, 1.82) is 0 Å². The second kappa shape index (κ2) is 11.0. The molecule has 1 saturated heterocycles. The number of nitrogens with zero attached hydrogens (tertiary/aromatic N) is 5. The van der Waals surface area contributed by atoms with E-state index >= 15 is 0 Å². The normalized spacial score (nSPS) is 14.9. The van der Waals surface area contributed by atoms with Crippen LogP contribution >= 0.6 is 11.3 Å². The van der Waals surface area contributed by atoms with Gasteiger partial charge in [0.25, 0.3) is 0 Å². The lowest BCUT2D eigenvalue weighted by Gasteiger charge is -2.35. The van der Waals surface area contributed by atoms with E-state index in [2.05, 4.69) is 9.97 Å². The van der Waals surface area contributed by atoms with Crippen LogP contribution in [0.2, 0.25) is 0 Å². The minimum atomic E-state index is -4.29. The summed E-state index contributed by atoms with van der Waals surface area (Å²) in [4.78, 5) is 25.8. The molecule has 4 rings (SSSR count). The summed E-state index contributed by atoms with van der Waals surface area (Å²) < 4.78 is 64.3.